The largest absolute Gasteiger partial charge is 0.489 e. The molecular weight excluding hydrogens is 834 g/mol. The van der Waals surface area contributed by atoms with E-state index >= 15 is 0 Å². The van der Waals surface area contributed by atoms with Gasteiger partial charge in [0.1, 0.15) is 36.9 Å². The minimum Gasteiger partial charge on any atom is -0.489 e. The third kappa shape index (κ3) is 9.46. The molecule has 3 amide bonds. The fraction of sp³-hybridized carbons (Fsp3) is 0.208. The number of aromatic nitrogens is 1. The van der Waals surface area contributed by atoms with Crippen molar-refractivity contribution in [3.63, 3.8) is 0 Å². The van der Waals surface area contributed by atoms with E-state index in [1.165, 1.54) is 29.2 Å². The lowest BCUT2D eigenvalue weighted by Crippen LogP contribution is -2.56. The molecule has 5 aromatic carbocycles. The summed E-state index contributed by atoms with van der Waals surface area (Å²) in [4.78, 5) is 46.4. The number of amides is 3. The summed E-state index contributed by atoms with van der Waals surface area (Å²) in [5.41, 5.74) is 8.16. The van der Waals surface area contributed by atoms with Crippen LogP contribution in [0.25, 0.3) is 11.1 Å². The van der Waals surface area contributed by atoms with Crippen LogP contribution >= 0.6 is 23.2 Å². The molecule has 2 aliphatic heterocycles. The van der Waals surface area contributed by atoms with Crippen LogP contribution in [-0.2, 0) is 35.6 Å². The molecule has 1 aromatic heterocycles. The van der Waals surface area contributed by atoms with Crippen molar-refractivity contribution in [3.8, 4) is 28.4 Å². The summed E-state index contributed by atoms with van der Waals surface area (Å²) in [5, 5.41) is 16.7. The maximum Gasteiger partial charge on any atom is 0.326 e. The van der Waals surface area contributed by atoms with Crippen molar-refractivity contribution in [2.45, 2.75) is 58.0 Å². The standard InChI is InChI=1S/C48H41Cl2FN4O7/c1-27-28(2)52-18-17-38(27)31-6-3-29(4-7-31)20-41(47(57)58)54-46(56)42-21-33-22-43-44(23-34(33)24-55(42)48(59)53-36-12-10-35(51)11-13-36)62-45(26-61-43)32-8-14-37(15-9-32)60-25-30-5-16-39(49)40(50)19-30/h3-19,22-23,41-42,45H,20-21,24-26H2,1-2H3,(H,53,59)(H,54,56)(H,57,58)/t41-,42-,45+/m0/s1. The Morgan fingerprint density at radius 2 is 1.61 bits per heavy atom. The average molecular weight is 876 g/mol. The highest BCUT2D eigenvalue weighted by Crippen LogP contribution is 2.41. The monoisotopic (exact) mass is 874 g/mol. The molecule has 0 radical (unpaired) electrons. The first-order valence-electron chi connectivity index (χ1n) is 19.9. The first-order chi connectivity index (χ1) is 29.9. The van der Waals surface area contributed by atoms with E-state index in [2.05, 4.69) is 15.6 Å². The number of hydrogen-bond donors (Lipinski definition) is 3. The lowest BCUT2D eigenvalue weighted by atomic mass is 9.92. The Balaban J connectivity index is 0.984. The van der Waals surface area contributed by atoms with E-state index in [4.69, 9.17) is 37.4 Å². The Morgan fingerprint density at radius 1 is 0.887 bits per heavy atom. The minimum atomic E-state index is -1.29. The molecule has 14 heteroatoms. The maximum absolute atomic E-state index is 14.2. The molecule has 0 saturated heterocycles. The van der Waals surface area contributed by atoms with Crippen molar-refractivity contribution in [1.29, 1.82) is 0 Å². The van der Waals surface area contributed by atoms with Crippen molar-refractivity contribution in [2.75, 3.05) is 11.9 Å². The number of ether oxygens (including phenoxy) is 3. The lowest BCUT2D eigenvalue weighted by molar-refractivity contribution is -0.142. The zero-order valence-electron chi connectivity index (χ0n) is 33.7. The SMILES string of the molecule is Cc1nccc(-c2ccc(C[C@H](NC(=O)[C@@H]3Cc4cc5c(cc4CN3C(=O)Nc3ccc(F)cc3)O[C@@H](c3ccc(OCc4ccc(Cl)c(Cl)c4)cc3)CO5)C(=O)O)cc2)c1C. The Bertz CT molecular complexity index is 2650. The summed E-state index contributed by atoms with van der Waals surface area (Å²) < 4.78 is 32.3. The molecule has 3 N–H and O–H groups in total. The summed E-state index contributed by atoms with van der Waals surface area (Å²) >= 11 is 12.2. The minimum absolute atomic E-state index is 0.00905. The first-order valence-corrected chi connectivity index (χ1v) is 20.6. The van der Waals surface area contributed by atoms with Gasteiger partial charge in [0.2, 0.25) is 5.91 Å². The lowest BCUT2D eigenvalue weighted by Gasteiger charge is -2.37. The van der Waals surface area contributed by atoms with Crippen LogP contribution < -0.4 is 24.8 Å². The van der Waals surface area contributed by atoms with Crippen LogP contribution in [-0.4, -0.2) is 51.6 Å². The highest BCUT2D eigenvalue weighted by molar-refractivity contribution is 6.42. The molecule has 0 bridgehead atoms. The van der Waals surface area contributed by atoms with Gasteiger partial charge in [-0.25, -0.2) is 14.0 Å². The molecule has 11 nitrogen and oxygen atoms in total. The molecule has 3 heterocycles. The molecule has 6 aromatic rings. The van der Waals surface area contributed by atoms with Gasteiger partial charge in [-0.2, -0.15) is 0 Å². The van der Waals surface area contributed by atoms with Gasteiger partial charge in [0.05, 0.1) is 10.0 Å². The average Bonchev–Trinajstić information content (AvgIpc) is 3.27. The number of halogens is 3. The molecule has 0 fully saturated rings. The predicted octanol–water partition coefficient (Wildman–Crippen LogP) is 9.67. The number of pyridine rings is 1. The van der Waals surface area contributed by atoms with Gasteiger partial charge in [0.15, 0.2) is 17.6 Å². The second kappa shape index (κ2) is 18.2. The number of aryl methyl sites for hydroxylation is 1. The number of aliphatic carboxylic acids is 1. The quantitative estimate of drug-likeness (QED) is 0.117. The summed E-state index contributed by atoms with van der Waals surface area (Å²) in [6.45, 7) is 4.45. The van der Waals surface area contributed by atoms with E-state index in [0.29, 0.717) is 50.7 Å². The number of nitrogens with one attached hydrogen (secondary N) is 2. The maximum atomic E-state index is 14.2. The van der Waals surface area contributed by atoms with E-state index in [1.807, 2.05) is 74.5 Å². The number of anilines is 1. The van der Waals surface area contributed by atoms with E-state index in [-0.39, 0.29) is 26.0 Å². The number of nitrogens with zero attached hydrogens (tertiary/aromatic N) is 2. The molecule has 0 aliphatic carbocycles. The number of urea groups is 1. The topological polar surface area (TPSA) is 139 Å². The fourth-order valence-corrected chi connectivity index (χ4v) is 7.86. The molecule has 0 unspecified atom stereocenters. The number of rotatable bonds is 11. The first kappa shape index (κ1) is 42.1. The normalized spacial score (nSPS) is 15.9. The van der Waals surface area contributed by atoms with E-state index in [0.717, 1.165) is 39.1 Å². The van der Waals surface area contributed by atoms with Crippen molar-refractivity contribution < 1.29 is 38.1 Å². The number of hydrogen-bond acceptors (Lipinski definition) is 7. The fourth-order valence-electron chi connectivity index (χ4n) is 7.54. The molecule has 62 heavy (non-hydrogen) atoms. The van der Waals surface area contributed by atoms with Gasteiger partial charge >= 0.3 is 12.0 Å². The predicted molar refractivity (Wildman–Crippen MR) is 233 cm³/mol. The van der Waals surface area contributed by atoms with Gasteiger partial charge in [0, 0.05) is 37.0 Å². The van der Waals surface area contributed by atoms with Crippen LogP contribution in [0.1, 0.15) is 45.2 Å². The smallest absolute Gasteiger partial charge is 0.326 e. The molecule has 0 saturated carbocycles. The summed E-state index contributed by atoms with van der Waals surface area (Å²) in [6, 6.07) is 28.1. The van der Waals surface area contributed by atoms with Gasteiger partial charge in [-0.15, -0.1) is 0 Å². The van der Waals surface area contributed by atoms with Gasteiger partial charge in [0.25, 0.3) is 0 Å². The Kier molecular flexibility index (Phi) is 12.3. The molecule has 2 aliphatic rings. The number of carboxylic acid groups (broad SMARTS) is 1. The molecule has 316 valence electrons. The molecule has 8 rings (SSSR count). The zero-order valence-corrected chi connectivity index (χ0v) is 35.2. The van der Waals surface area contributed by atoms with Gasteiger partial charge in [-0.1, -0.05) is 65.7 Å². The third-order valence-electron chi connectivity index (χ3n) is 11.1. The molecule has 3 atom stereocenters. The van der Waals surface area contributed by atoms with Crippen LogP contribution in [0.5, 0.6) is 17.2 Å². The Morgan fingerprint density at radius 3 is 2.34 bits per heavy atom. The van der Waals surface area contributed by atoms with Crippen molar-refractivity contribution in [3.05, 3.63) is 170 Å². The summed E-state index contributed by atoms with van der Waals surface area (Å²) in [5.74, 6) is -0.739. The Hall–Kier alpha value is -6.63. The van der Waals surface area contributed by atoms with Gasteiger partial charge in [-0.05, 0) is 125 Å². The van der Waals surface area contributed by atoms with Crippen LogP contribution in [0.15, 0.2) is 115 Å². The molecular formula is C48H41Cl2FN4O7. The van der Waals surface area contributed by atoms with E-state index in [9.17, 15) is 23.9 Å². The van der Waals surface area contributed by atoms with Crippen molar-refractivity contribution in [2.24, 2.45) is 0 Å². The number of carbonyl (C=O) groups excluding carboxylic acids is 2. The van der Waals surface area contributed by atoms with Crippen LogP contribution in [0.4, 0.5) is 14.9 Å². The number of carbonyl (C=O) groups is 3. The number of carboxylic acids is 1. The number of benzene rings is 5. The Labute approximate surface area is 367 Å². The van der Waals surface area contributed by atoms with E-state index < -0.39 is 41.9 Å². The van der Waals surface area contributed by atoms with Crippen LogP contribution in [0.3, 0.4) is 0 Å². The van der Waals surface area contributed by atoms with Gasteiger partial charge in [-0.3, -0.25) is 9.78 Å². The summed E-state index contributed by atoms with van der Waals surface area (Å²) in [6.07, 6.45) is 1.38. The second-order valence-corrected chi connectivity index (χ2v) is 16.1. The second-order valence-electron chi connectivity index (χ2n) is 15.2. The highest BCUT2D eigenvalue weighted by atomic mass is 35.5. The highest BCUT2D eigenvalue weighted by Gasteiger charge is 2.38. The number of fused-ring (bicyclic) bond motifs is 2. The zero-order chi connectivity index (χ0) is 43.5. The molecule has 0 spiro atoms. The third-order valence-corrected chi connectivity index (χ3v) is 11.9. The van der Waals surface area contributed by atoms with Crippen molar-refractivity contribution in [1.82, 2.24) is 15.2 Å². The van der Waals surface area contributed by atoms with E-state index in [1.54, 1.807) is 30.5 Å². The van der Waals surface area contributed by atoms with Gasteiger partial charge < -0.3 is 34.9 Å². The van der Waals surface area contributed by atoms with Crippen molar-refractivity contribution >= 4 is 46.8 Å². The summed E-state index contributed by atoms with van der Waals surface area (Å²) in [7, 11) is 0. The van der Waals surface area contributed by atoms with Crippen LogP contribution in [0, 0.1) is 19.7 Å². The van der Waals surface area contributed by atoms with Crippen LogP contribution in [0.2, 0.25) is 10.0 Å².